The molecule has 0 aliphatic carbocycles. The number of benzene rings is 1. The summed E-state index contributed by atoms with van der Waals surface area (Å²) in [5, 5.41) is 0.940. The summed E-state index contributed by atoms with van der Waals surface area (Å²) in [7, 11) is -1.84. The maximum atomic E-state index is 12.4. The van der Waals surface area contributed by atoms with Crippen LogP contribution in [0.1, 0.15) is 12.5 Å². The van der Waals surface area contributed by atoms with Crippen LogP contribution in [0.5, 0.6) is 0 Å². The highest BCUT2D eigenvalue weighted by atomic mass is 32.2. The van der Waals surface area contributed by atoms with Gasteiger partial charge in [0.1, 0.15) is 0 Å². The van der Waals surface area contributed by atoms with Crippen molar-refractivity contribution in [3.05, 3.63) is 42.1 Å². The van der Waals surface area contributed by atoms with Crippen molar-refractivity contribution in [1.29, 1.82) is 0 Å². The van der Waals surface area contributed by atoms with Crippen LogP contribution in [0.4, 0.5) is 0 Å². The lowest BCUT2D eigenvalue weighted by Crippen LogP contribution is -2.40. The summed E-state index contributed by atoms with van der Waals surface area (Å²) in [5.41, 5.74) is 6.97. The van der Waals surface area contributed by atoms with Gasteiger partial charge in [0.15, 0.2) is 0 Å². The molecule has 20 heavy (non-hydrogen) atoms. The van der Waals surface area contributed by atoms with Gasteiger partial charge in [-0.15, -0.1) is 0 Å². The molecule has 2 aromatic rings. The van der Waals surface area contributed by atoms with Crippen LogP contribution < -0.4 is 5.73 Å². The zero-order valence-electron chi connectivity index (χ0n) is 11.7. The van der Waals surface area contributed by atoms with Crippen molar-refractivity contribution in [2.45, 2.75) is 18.7 Å². The van der Waals surface area contributed by atoms with Crippen molar-refractivity contribution in [2.75, 3.05) is 13.6 Å². The molecule has 0 aliphatic heterocycles. The van der Waals surface area contributed by atoms with E-state index in [4.69, 9.17) is 5.73 Å². The van der Waals surface area contributed by atoms with Crippen LogP contribution in [0.15, 0.2) is 36.5 Å². The van der Waals surface area contributed by atoms with Gasteiger partial charge in [0.25, 0.3) is 0 Å². The molecular weight excluding hydrogens is 274 g/mol. The van der Waals surface area contributed by atoms with Crippen molar-refractivity contribution < 1.29 is 8.42 Å². The Morgan fingerprint density at radius 1 is 1.30 bits per heavy atom. The van der Waals surface area contributed by atoms with E-state index in [1.165, 1.54) is 4.31 Å². The van der Waals surface area contributed by atoms with E-state index >= 15 is 0 Å². The van der Waals surface area contributed by atoms with E-state index in [1.54, 1.807) is 26.2 Å². The number of hydrogen-bond acceptors (Lipinski definition) is 4. The molecule has 0 amide bonds. The van der Waals surface area contributed by atoms with Crippen LogP contribution in [-0.2, 0) is 15.8 Å². The van der Waals surface area contributed by atoms with Crippen molar-refractivity contribution in [1.82, 2.24) is 9.29 Å². The Kier molecular flexibility index (Phi) is 4.37. The average molecular weight is 293 g/mol. The molecule has 0 saturated carbocycles. The summed E-state index contributed by atoms with van der Waals surface area (Å²) in [6, 6.07) is 9.11. The van der Waals surface area contributed by atoms with Crippen molar-refractivity contribution in [3.8, 4) is 0 Å². The van der Waals surface area contributed by atoms with Gasteiger partial charge < -0.3 is 5.73 Å². The van der Waals surface area contributed by atoms with Crippen molar-refractivity contribution in [3.63, 3.8) is 0 Å². The molecule has 6 heteroatoms. The zero-order chi connectivity index (χ0) is 14.8. The standard InChI is InChI=1S/C14H19N3O2S/c1-11(9-15)17(2)20(18,19)10-13-6-3-5-12-7-4-8-16-14(12)13/h3-8,11H,9-10,15H2,1-2H3. The van der Waals surface area contributed by atoms with Gasteiger partial charge in [-0.25, -0.2) is 12.7 Å². The molecule has 1 aromatic heterocycles. The van der Waals surface area contributed by atoms with Crippen LogP contribution in [0.3, 0.4) is 0 Å². The molecule has 0 radical (unpaired) electrons. The van der Waals surface area contributed by atoms with E-state index in [0.717, 1.165) is 10.9 Å². The molecule has 0 aliphatic rings. The molecule has 0 fully saturated rings. The van der Waals surface area contributed by atoms with Crippen LogP contribution in [0.2, 0.25) is 0 Å². The van der Waals surface area contributed by atoms with E-state index in [1.807, 2.05) is 24.3 Å². The van der Waals surface area contributed by atoms with Crippen molar-refractivity contribution in [2.24, 2.45) is 5.73 Å². The summed E-state index contributed by atoms with van der Waals surface area (Å²) in [4.78, 5) is 4.28. The Morgan fingerprint density at radius 3 is 2.70 bits per heavy atom. The van der Waals surface area contributed by atoms with Crippen LogP contribution >= 0.6 is 0 Å². The molecule has 108 valence electrons. The maximum Gasteiger partial charge on any atom is 0.218 e. The number of hydrogen-bond donors (Lipinski definition) is 1. The number of likely N-dealkylation sites (N-methyl/N-ethyl adjacent to an activating group) is 1. The van der Waals surface area contributed by atoms with Gasteiger partial charge in [0.05, 0.1) is 11.3 Å². The fourth-order valence-corrected chi connectivity index (χ4v) is 3.47. The normalized spacial score (nSPS) is 13.8. The van der Waals surface area contributed by atoms with E-state index in [-0.39, 0.29) is 11.8 Å². The number of aromatic nitrogens is 1. The van der Waals surface area contributed by atoms with Gasteiger partial charge in [0, 0.05) is 31.2 Å². The van der Waals surface area contributed by atoms with Gasteiger partial charge >= 0.3 is 0 Å². The highest BCUT2D eigenvalue weighted by molar-refractivity contribution is 7.88. The predicted molar refractivity (Wildman–Crippen MR) is 80.6 cm³/mol. The Bertz CT molecular complexity index is 695. The predicted octanol–water partition coefficient (Wildman–Crippen LogP) is 1.34. The molecule has 0 bridgehead atoms. The molecule has 0 saturated heterocycles. The third-order valence-electron chi connectivity index (χ3n) is 3.45. The molecule has 1 aromatic carbocycles. The van der Waals surface area contributed by atoms with Crippen LogP contribution in [0.25, 0.3) is 10.9 Å². The Hall–Kier alpha value is -1.50. The summed E-state index contributed by atoms with van der Waals surface area (Å²) in [6.07, 6.45) is 1.67. The second kappa shape index (κ2) is 5.87. The van der Waals surface area contributed by atoms with Gasteiger partial charge in [-0.2, -0.15) is 0 Å². The first-order valence-corrected chi connectivity index (χ1v) is 8.05. The Balaban J connectivity index is 2.37. The van der Waals surface area contributed by atoms with Gasteiger partial charge in [-0.05, 0) is 18.6 Å². The smallest absolute Gasteiger partial charge is 0.218 e. The second-order valence-electron chi connectivity index (χ2n) is 4.85. The van der Waals surface area contributed by atoms with Crippen LogP contribution in [-0.4, -0.2) is 37.3 Å². The highest BCUT2D eigenvalue weighted by Crippen LogP contribution is 2.20. The minimum atomic E-state index is -3.40. The first-order chi connectivity index (χ1) is 9.45. The fourth-order valence-electron chi connectivity index (χ4n) is 2.00. The number of rotatable bonds is 5. The quantitative estimate of drug-likeness (QED) is 0.902. The number of nitrogens with two attached hydrogens (primary N) is 1. The largest absolute Gasteiger partial charge is 0.329 e. The summed E-state index contributed by atoms with van der Waals surface area (Å²) in [5.74, 6) is -0.0673. The van der Waals surface area contributed by atoms with E-state index in [0.29, 0.717) is 12.1 Å². The third-order valence-corrected chi connectivity index (χ3v) is 5.37. The molecular formula is C14H19N3O2S. The first kappa shape index (κ1) is 14.9. The lowest BCUT2D eigenvalue weighted by Gasteiger charge is -2.23. The second-order valence-corrected chi connectivity index (χ2v) is 6.88. The number of fused-ring (bicyclic) bond motifs is 1. The van der Waals surface area contributed by atoms with Gasteiger partial charge in [-0.1, -0.05) is 24.3 Å². The van der Waals surface area contributed by atoms with E-state index in [2.05, 4.69) is 4.98 Å². The minimum Gasteiger partial charge on any atom is -0.329 e. The zero-order valence-corrected chi connectivity index (χ0v) is 12.5. The maximum absolute atomic E-state index is 12.4. The lowest BCUT2D eigenvalue weighted by molar-refractivity contribution is 0.394. The third kappa shape index (κ3) is 2.98. The number of pyridine rings is 1. The SMILES string of the molecule is CC(CN)N(C)S(=O)(=O)Cc1cccc2cccnc12. The first-order valence-electron chi connectivity index (χ1n) is 6.44. The van der Waals surface area contributed by atoms with E-state index < -0.39 is 10.0 Å². The molecule has 1 heterocycles. The molecule has 0 spiro atoms. The van der Waals surface area contributed by atoms with Crippen LogP contribution in [0, 0.1) is 0 Å². The molecule has 2 rings (SSSR count). The summed E-state index contributed by atoms with van der Waals surface area (Å²) in [6.45, 7) is 2.09. The topological polar surface area (TPSA) is 76.3 Å². The summed E-state index contributed by atoms with van der Waals surface area (Å²) < 4.78 is 26.1. The Labute approximate surface area is 119 Å². The molecule has 5 nitrogen and oxygen atoms in total. The lowest BCUT2D eigenvalue weighted by atomic mass is 10.1. The summed E-state index contributed by atoms with van der Waals surface area (Å²) >= 11 is 0. The molecule has 1 atom stereocenters. The molecule has 1 unspecified atom stereocenters. The van der Waals surface area contributed by atoms with Crippen molar-refractivity contribution >= 4 is 20.9 Å². The monoisotopic (exact) mass is 293 g/mol. The number of nitrogens with zero attached hydrogens (tertiary/aromatic N) is 2. The Morgan fingerprint density at radius 2 is 2.00 bits per heavy atom. The van der Waals surface area contributed by atoms with E-state index in [9.17, 15) is 8.42 Å². The highest BCUT2D eigenvalue weighted by Gasteiger charge is 2.23. The number of para-hydroxylation sites is 1. The van der Waals surface area contributed by atoms with Gasteiger partial charge in [-0.3, -0.25) is 4.98 Å². The number of sulfonamides is 1. The fraction of sp³-hybridized carbons (Fsp3) is 0.357. The molecule has 2 N–H and O–H groups in total. The minimum absolute atomic E-state index is 0.0673. The van der Waals surface area contributed by atoms with Gasteiger partial charge in [0.2, 0.25) is 10.0 Å². The average Bonchev–Trinajstić information content (AvgIpc) is 2.45.